The van der Waals surface area contributed by atoms with Gasteiger partial charge in [-0.05, 0) is 116 Å². The second-order valence-corrected chi connectivity index (χ2v) is 14.4. The third kappa shape index (κ3) is 6.92. The summed E-state index contributed by atoms with van der Waals surface area (Å²) in [5.74, 6) is 2.26. The maximum atomic E-state index is 13.8. The number of rotatable bonds is 10. The standard InChI is InChI=1S/C32H34N2O5.C4H7Br/c1-37-30-13-21-10-9-20-12-29(39-18-19-7-8-19)27(14-25(20)26(21)15-31(30)38-2)32(36)34-23(17-35)11-22-16-33-28-6-4-3-5-24(22)28;1-4(5)2-3-4/h3-6,12-16,19,23,33,35H,7-11,17-18H2,1-2H3,(H,34,36);2-3H2,1H3/t23-;/m1./s1. The summed E-state index contributed by atoms with van der Waals surface area (Å²) in [6, 6.07) is 15.6. The van der Waals surface area contributed by atoms with E-state index in [-0.39, 0.29) is 12.5 Å². The Bertz CT molecular complexity index is 1650. The maximum absolute atomic E-state index is 13.8. The molecule has 1 aromatic heterocycles. The second-order valence-electron chi connectivity index (χ2n) is 12.5. The van der Waals surface area contributed by atoms with Crippen LogP contribution >= 0.6 is 15.9 Å². The Morgan fingerprint density at radius 3 is 2.30 bits per heavy atom. The van der Waals surface area contributed by atoms with Crippen LogP contribution in [-0.4, -0.2) is 53.8 Å². The predicted molar refractivity (Wildman–Crippen MR) is 178 cm³/mol. The number of carbonyl (C=O) groups is 1. The highest BCUT2D eigenvalue weighted by atomic mass is 79.9. The molecular weight excluding hydrogens is 620 g/mol. The van der Waals surface area contributed by atoms with Crippen molar-refractivity contribution in [3.05, 3.63) is 77.0 Å². The Hall–Kier alpha value is -3.49. The maximum Gasteiger partial charge on any atom is 0.255 e. The summed E-state index contributed by atoms with van der Waals surface area (Å²) in [4.78, 5) is 17.0. The number of para-hydroxylation sites is 1. The van der Waals surface area contributed by atoms with Gasteiger partial charge < -0.3 is 29.6 Å². The molecule has 1 amide bonds. The molecule has 0 spiro atoms. The van der Waals surface area contributed by atoms with Gasteiger partial charge in [0.05, 0.1) is 39.0 Å². The van der Waals surface area contributed by atoms with Gasteiger partial charge in [0, 0.05) is 21.4 Å². The summed E-state index contributed by atoms with van der Waals surface area (Å²) < 4.78 is 17.9. The van der Waals surface area contributed by atoms with Gasteiger partial charge in [-0.15, -0.1) is 0 Å². The van der Waals surface area contributed by atoms with Crippen molar-refractivity contribution in [3.63, 3.8) is 0 Å². The molecule has 7 rings (SSSR count). The van der Waals surface area contributed by atoms with Gasteiger partial charge in [-0.2, -0.15) is 0 Å². The Morgan fingerprint density at radius 2 is 1.66 bits per heavy atom. The Kier molecular flexibility index (Phi) is 8.92. The lowest BCUT2D eigenvalue weighted by atomic mass is 9.84. The summed E-state index contributed by atoms with van der Waals surface area (Å²) in [7, 11) is 3.27. The molecule has 44 heavy (non-hydrogen) atoms. The third-order valence-electron chi connectivity index (χ3n) is 8.82. The molecule has 3 N–H and O–H groups in total. The topological polar surface area (TPSA) is 92.8 Å². The van der Waals surface area contributed by atoms with Crippen molar-refractivity contribution in [2.45, 2.75) is 62.2 Å². The molecule has 0 radical (unpaired) electrons. The number of hydrogen-bond donors (Lipinski definition) is 3. The van der Waals surface area contributed by atoms with Crippen LogP contribution in [0.15, 0.2) is 54.7 Å². The zero-order chi connectivity index (χ0) is 30.8. The summed E-state index contributed by atoms with van der Waals surface area (Å²) in [5.41, 5.74) is 6.91. The summed E-state index contributed by atoms with van der Waals surface area (Å²) >= 11 is 3.49. The van der Waals surface area contributed by atoms with E-state index in [1.165, 1.54) is 25.7 Å². The van der Waals surface area contributed by atoms with E-state index < -0.39 is 6.04 Å². The summed E-state index contributed by atoms with van der Waals surface area (Å²) in [5, 5.41) is 14.4. The molecule has 3 aliphatic rings. The molecule has 0 saturated heterocycles. The number of aromatic nitrogens is 1. The number of aliphatic hydroxyl groups is 1. The van der Waals surface area contributed by atoms with Crippen LogP contribution in [0.4, 0.5) is 0 Å². The number of alkyl halides is 1. The van der Waals surface area contributed by atoms with Crippen LogP contribution < -0.4 is 19.5 Å². The van der Waals surface area contributed by atoms with Gasteiger partial charge in [-0.1, -0.05) is 34.1 Å². The number of aryl methyl sites for hydroxylation is 2. The molecule has 0 bridgehead atoms. The smallest absolute Gasteiger partial charge is 0.255 e. The fourth-order valence-corrected chi connectivity index (χ4v) is 5.88. The van der Waals surface area contributed by atoms with E-state index in [1.54, 1.807) is 14.2 Å². The largest absolute Gasteiger partial charge is 0.493 e. The molecule has 0 aliphatic heterocycles. The number of aliphatic hydroxyl groups excluding tert-OH is 1. The van der Waals surface area contributed by atoms with Crippen molar-refractivity contribution in [1.82, 2.24) is 10.3 Å². The van der Waals surface area contributed by atoms with Crippen LogP contribution in [0.1, 0.15) is 59.7 Å². The number of nitrogens with one attached hydrogen (secondary N) is 2. The van der Waals surface area contributed by atoms with Crippen LogP contribution in [0, 0.1) is 5.92 Å². The average Bonchev–Trinajstić information content (AvgIpc) is 3.97. The quantitative estimate of drug-likeness (QED) is 0.159. The minimum absolute atomic E-state index is 0.172. The van der Waals surface area contributed by atoms with E-state index in [1.807, 2.05) is 54.7 Å². The van der Waals surface area contributed by atoms with Gasteiger partial charge in [0.2, 0.25) is 0 Å². The van der Waals surface area contributed by atoms with Gasteiger partial charge in [-0.3, -0.25) is 4.79 Å². The molecule has 2 saturated carbocycles. The lowest BCUT2D eigenvalue weighted by molar-refractivity contribution is 0.0912. The summed E-state index contributed by atoms with van der Waals surface area (Å²) in [6.45, 7) is 2.65. The first-order valence-electron chi connectivity index (χ1n) is 15.5. The van der Waals surface area contributed by atoms with Crippen molar-refractivity contribution in [3.8, 4) is 28.4 Å². The van der Waals surface area contributed by atoms with Gasteiger partial charge in [0.25, 0.3) is 5.91 Å². The van der Waals surface area contributed by atoms with Crippen LogP contribution in [-0.2, 0) is 19.3 Å². The van der Waals surface area contributed by atoms with Gasteiger partial charge in [0.1, 0.15) is 5.75 Å². The molecule has 2 fully saturated rings. The lowest BCUT2D eigenvalue weighted by Crippen LogP contribution is -2.39. The van der Waals surface area contributed by atoms with Crippen LogP contribution in [0.5, 0.6) is 17.2 Å². The SMILES string of the molecule is CC1(Br)CC1.COc1cc2c(cc1OC)-c1cc(C(=O)N[C@@H](CO)Cc3c[nH]c4ccccc34)c(OCC3CC3)cc1CC2. The van der Waals surface area contributed by atoms with Crippen molar-refractivity contribution >= 4 is 32.7 Å². The van der Waals surface area contributed by atoms with Gasteiger partial charge >= 0.3 is 0 Å². The zero-order valence-electron chi connectivity index (χ0n) is 25.7. The minimum atomic E-state index is -0.444. The number of benzene rings is 3. The predicted octanol–water partition coefficient (Wildman–Crippen LogP) is 7.01. The van der Waals surface area contributed by atoms with Crippen molar-refractivity contribution in [2.24, 2.45) is 5.92 Å². The molecule has 3 aliphatic carbocycles. The molecule has 1 atom stereocenters. The highest BCUT2D eigenvalue weighted by Crippen LogP contribution is 2.44. The van der Waals surface area contributed by atoms with Gasteiger partial charge in [0.15, 0.2) is 11.5 Å². The summed E-state index contributed by atoms with van der Waals surface area (Å²) in [6.07, 6.45) is 9.24. The van der Waals surface area contributed by atoms with Crippen molar-refractivity contribution in [2.75, 3.05) is 27.4 Å². The van der Waals surface area contributed by atoms with Crippen LogP contribution in [0.2, 0.25) is 0 Å². The second kappa shape index (κ2) is 12.9. The number of amides is 1. The fourth-order valence-electron chi connectivity index (χ4n) is 5.68. The van der Waals surface area contributed by atoms with Crippen LogP contribution in [0.3, 0.4) is 0 Å². The van der Waals surface area contributed by atoms with Crippen molar-refractivity contribution in [1.29, 1.82) is 0 Å². The van der Waals surface area contributed by atoms with E-state index >= 15 is 0 Å². The number of methoxy groups -OCH3 is 2. The zero-order valence-corrected chi connectivity index (χ0v) is 27.3. The molecular formula is C36H41BrN2O5. The average molecular weight is 662 g/mol. The highest BCUT2D eigenvalue weighted by molar-refractivity contribution is 9.10. The van der Waals surface area contributed by atoms with E-state index in [0.29, 0.717) is 46.1 Å². The normalized spacial score (nSPS) is 16.6. The Labute approximate surface area is 267 Å². The first-order chi connectivity index (χ1) is 21.3. The third-order valence-corrected chi connectivity index (χ3v) is 9.61. The molecule has 4 aromatic rings. The molecule has 3 aromatic carbocycles. The number of ether oxygens (including phenoxy) is 3. The van der Waals surface area contributed by atoms with E-state index in [0.717, 1.165) is 51.6 Å². The minimum Gasteiger partial charge on any atom is -0.493 e. The van der Waals surface area contributed by atoms with Crippen LogP contribution in [0.25, 0.3) is 22.0 Å². The lowest BCUT2D eigenvalue weighted by Gasteiger charge is -2.25. The number of carbonyl (C=O) groups excluding carboxylic acids is 1. The molecule has 0 unspecified atom stereocenters. The highest BCUT2D eigenvalue weighted by Gasteiger charge is 2.33. The van der Waals surface area contributed by atoms with E-state index in [4.69, 9.17) is 14.2 Å². The molecule has 1 heterocycles. The molecule has 8 heteroatoms. The number of fused-ring (bicyclic) bond motifs is 4. The number of H-pyrrole nitrogens is 1. The monoisotopic (exact) mass is 660 g/mol. The number of aromatic amines is 1. The first kappa shape index (κ1) is 30.5. The first-order valence-corrected chi connectivity index (χ1v) is 16.3. The van der Waals surface area contributed by atoms with E-state index in [9.17, 15) is 9.90 Å². The Balaban J connectivity index is 0.000000625. The Morgan fingerprint density at radius 1 is 1.02 bits per heavy atom. The fraction of sp³-hybridized carbons (Fsp3) is 0.417. The van der Waals surface area contributed by atoms with Gasteiger partial charge in [-0.25, -0.2) is 0 Å². The number of halogens is 1. The molecule has 232 valence electrons. The van der Waals surface area contributed by atoms with E-state index in [2.05, 4.69) is 33.2 Å². The number of hydrogen-bond acceptors (Lipinski definition) is 5. The molecule has 7 nitrogen and oxygen atoms in total. The van der Waals surface area contributed by atoms with Crippen molar-refractivity contribution < 1.29 is 24.1 Å².